The molecular formula is C11H14N2S. The Hall–Kier alpha value is -1.14. The summed E-state index contributed by atoms with van der Waals surface area (Å²) in [6.07, 6.45) is 0. The predicted octanol–water partition coefficient (Wildman–Crippen LogP) is 3.08. The minimum Gasteiger partial charge on any atom is -0.398 e. The van der Waals surface area contributed by atoms with Crippen LogP contribution in [-0.4, -0.2) is 0 Å². The smallest absolute Gasteiger partial charge is 0.138 e. The summed E-state index contributed by atoms with van der Waals surface area (Å²) in [5.74, 6) is 0. The molecule has 1 rings (SSSR count). The highest BCUT2D eigenvalue weighted by molar-refractivity contribution is 8.03. The van der Waals surface area contributed by atoms with Gasteiger partial charge in [-0.1, -0.05) is 0 Å². The van der Waals surface area contributed by atoms with Crippen LogP contribution in [0.25, 0.3) is 0 Å². The van der Waals surface area contributed by atoms with Gasteiger partial charge in [0.1, 0.15) is 5.40 Å². The highest BCUT2D eigenvalue weighted by atomic mass is 32.2. The van der Waals surface area contributed by atoms with Crippen molar-refractivity contribution in [2.45, 2.75) is 32.6 Å². The van der Waals surface area contributed by atoms with Crippen LogP contribution in [0, 0.1) is 38.4 Å². The Balaban J connectivity index is 3.53. The Labute approximate surface area is 89.1 Å². The molecule has 0 saturated heterocycles. The fourth-order valence-corrected chi connectivity index (χ4v) is 2.21. The van der Waals surface area contributed by atoms with Crippen molar-refractivity contribution in [2.75, 3.05) is 5.73 Å². The summed E-state index contributed by atoms with van der Waals surface area (Å²) in [5, 5.41) is 10.8. The summed E-state index contributed by atoms with van der Waals surface area (Å²) in [4.78, 5) is 1.05. The molecule has 0 atom stereocenters. The maximum atomic E-state index is 8.70. The van der Waals surface area contributed by atoms with Crippen molar-refractivity contribution in [1.82, 2.24) is 0 Å². The third-order valence-corrected chi connectivity index (χ3v) is 3.67. The van der Waals surface area contributed by atoms with Gasteiger partial charge in [-0.15, -0.1) is 0 Å². The highest BCUT2D eigenvalue weighted by Crippen LogP contribution is 2.34. The van der Waals surface area contributed by atoms with Gasteiger partial charge in [0, 0.05) is 10.6 Å². The van der Waals surface area contributed by atoms with E-state index in [9.17, 15) is 0 Å². The van der Waals surface area contributed by atoms with Gasteiger partial charge in [0.05, 0.1) is 0 Å². The van der Waals surface area contributed by atoms with Crippen LogP contribution in [0.15, 0.2) is 4.90 Å². The zero-order valence-electron chi connectivity index (χ0n) is 8.93. The van der Waals surface area contributed by atoms with Gasteiger partial charge >= 0.3 is 0 Å². The normalized spacial score (nSPS) is 9.93. The number of nitrogens with zero attached hydrogens (tertiary/aromatic N) is 1. The highest BCUT2D eigenvalue weighted by Gasteiger charge is 2.12. The number of thioether (sulfide) groups is 1. The fraction of sp³-hybridized carbons (Fsp3) is 0.364. The molecule has 3 heteroatoms. The molecule has 0 bridgehead atoms. The van der Waals surface area contributed by atoms with Gasteiger partial charge in [-0.25, -0.2) is 0 Å². The minimum atomic E-state index is 0.849. The van der Waals surface area contributed by atoms with Crippen LogP contribution in [0.3, 0.4) is 0 Å². The molecule has 1 aromatic carbocycles. The Morgan fingerprint density at radius 2 is 1.43 bits per heavy atom. The van der Waals surface area contributed by atoms with E-state index in [0.29, 0.717) is 0 Å². The number of nitrogen functional groups attached to an aromatic ring is 1. The molecule has 74 valence electrons. The Morgan fingerprint density at radius 1 is 1.00 bits per heavy atom. The second kappa shape index (κ2) is 3.93. The van der Waals surface area contributed by atoms with Crippen molar-refractivity contribution in [3.8, 4) is 5.40 Å². The number of anilines is 1. The van der Waals surface area contributed by atoms with E-state index < -0.39 is 0 Å². The summed E-state index contributed by atoms with van der Waals surface area (Å²) in [6.45, 7) is 8.02. The van der Waals surface area contributed by atoms with Crippen molar-refractivity contribution in [2.24, 2.45) is 0 Å². The van der Waals surface area contributed by atoms with Crippen molar-refractivity contribution in [1.29, 1.82) is 5.26 Å². The predicted molar refractivity (Wildman–Crippen MR) is 61.3 cm³/mol. The average Bonchev–Trinajstić information content (AvgIpc) is 2.19. The maximum absolute atomic E-state index is 8.70. The molecule has 0 aliphatic carbocycles. The van der Waals surface area contributed by atoms with Gasteiger partial charge in [-0.2, -0.15) is 5.26 Å². The fourth-order valence-electron chi connectivity index (χ4n) is 1.51. The molecule has 0 aliphatic heterocycles. The number of hydrogen-bond acceptors (Lipinski definition) is 3. The zero-order valence-corrected chi connectivity index (χ0v) is 9.75. The number of thiocyanates is 1. The molecule has 2 N–H and O–H groups in total. The quantitative estimate of drug-likeness (QED) is 0.436. The van der Waals surface area contributed by atoms with E-state index in [2.05, 4.69) is 5.40 Å². The Morgan fingerprint density at radius 3 is 1.79 bits per heavy atom. The third-order valence-electron chi connectivity index (χ3n) is 2.76. The van der Waals surface area contributed by atoms with E-state index in [1.165, 1.54) is 11.8 Å². The molecule has 1 aromatic rings. The van der Waals surface area contributed by atoms with E-state index in [4.69, 9.17) is 11.0 Å². The third kappa shape index (κ3) is 1.58. The van der Waals surface area contributed by atoms with E-state index in [-0.39, 0.29) is 0 Å². The van der Waals surface area contributed by atoms with E-state index in [1.54, 1.807) is 0 Å². The molecule has 0 heterocycles. The summed E-state index contributed by atoms with van der Waals surface area (Å²) in [5.41, 5.74) is 11.2. The first-order valence-electron chi connectivity index (χ1n) is 4.42. The van der Waals surface area contributed by atoms with Crippen molar-refractivity contribution in [3.63, 3.8) is 0 Å². The molecule has 14 heavy (non-hydrogen) atoms. The van der Waals surface area contributed by atoms with E-state index in [1.807, 2.05) is 27.7 Å². The molecule has 0 fully saturated rings. The van der Waals surface area contributed by atoms with Crippen molar-refractivity contribution >= 4 is 17.4 Å². The van der Waals surface area contributed by atoms with Gasteiger partial charge in [-0.3, -0.25) is 0 Å². The lowest BCUT2D eigenvalue weighted by Crippen LogP contribution is -2.01. The number of nitrogens with two attached hydrogens (primary N) is 1. The van der Waals surface area contributed by atoms with Gasteiger partial charge in [-0.05, 0) is 61.7 Å². The van der Waals surface area contributed by atoms with Crippen LogP contribution < -0.4 is 5.73 Å². The molecule has 0 aromatic heterocycles. The van der Waals surface area contributed by atoms with Crippen molar-refractivity contribution < 1.29 is 0 Å². The standard InChI is InChI=1S/C11H14N2S/c1-6-8(3)11(14-5-12)9(4)7(2)10(6)13/h13H2,1-4H3. The molecule has 2 nitrogen and oxygen atoms in total. The van der Waals surface area contributed by atoms with Crippen LogP contribution in [-0.2, 0) is 0 Å². The molecular weight excluding hydrogens is 192 g/mol. The van der Waals surface area contributed by atoms with Gasteiger partial charge in [0.25, 0.3) is 0 Å². The number of benzene rings is 1. The first-order valence-corrected chi connectivity index (χ1v) is 5.24. The van der Waals surface area contributed by atoms with Crippen LogP contribution in [0.5, 0.6) is 0 Å². The average molecular weight is 206 g/mol. The van der Waals surface area contributed by atoms with E-state index >= 15 is 0 Å². The molecule has 0 spiro atoms. The van der Waals surface area contributed by atoms with Gasteiger partial charge in [0.2, 0.25) is 0 Å². The lowest BCUT2D eigenvalue weighted by molar-refractivity contribution is 1.14. The SMILES string of the molecule is Cc1c(C)c(SC#N)c(C)c(C)c1N. The zero-order chi connectivity index (χ0) is 10.9. The van der Waals surface area contributed by atoms with Crippen LogP contribution in [0.1, 0.15) is 22.3 Å². The topological polar surface area (TPSA) is 49.8 Å². The van der Waals surface area contributed by atoms with Gasteiger partial charge in [0.15, 0.2) is 0 Å². The number of rotatable bonds is 1. The lowest BCUT2D eigenvalue weighted by Gasteiger charge is -2.15. The van der Waals surface area contributed by atoms with Gasteiger partial charge < -0.3 is 5.73 Å². The largest absolute Gasteiger partial charge is 0.398 e. The molecule has 0 aliphatic rings. The summed E-state index contributed by atoms with van der Waals surface area (Å²) >= 11 is 1.22. The van der Waals surface area contributed by atoms with Crippen molar-refractivity contribution in [3.05, 3.63) is 22.3 Å². The minimum absolute atomic E-state index is 0.849. The first kappa shape index (κ1) is 10.9. The molecule has 0 radical (unpaired) electrons. The maximum Gasteiger partial charge on any atom is 0.138 e. The molecule has 0 amide bonds. The van der Waals surface area contributed by atoms with Crippen LogP contribution >= 0.6 is 11.8 Å². The summed E-state index contributed by atoms with van der Waals surface area (Å²) in [6, 6.07) is 0. The summed E-state index contributed by atoms with van der Waals surface area (Å²) < 4.78 is 0. The lowest BCUT2D eigenvalue weighted by atomic mass is 9.99. The van der Waals surface area contributed by atoms with E-state index in [0.717, 1.165) is 32.8 Å². The first-order chi connectivity index (χ1) is 6.50. The Bertz CT molecular complexity index is 387. The second-order valence-electron chi connectivity index (χ2n) is 3.44. The second-order valence-corrected chi connectivity index (χ2v) is 4.23. The number of nitriles is 1. The molecule has 0 unspecified atom stereocenters. The van der Waals surface area contributed by atoms with Crippen LogP contribution in [0.4, 0.5) is 5.69 Å². The number of hydrogen-bond donors (Lipinski definition) is 1. The molecule has 0 saturated carbocycles. The monoisotopic (exact) mass is 206 g/mol. The summed E-state index contributed by atoms with van der Waals surface area (Å²) in [7, 11) is 0. The Kier molecular flexibility index (Phi) is 3.07. The van der Waals surface area contributed by atoms with Crippen LogP contribution in [0.2, 0.25) is 0 Å².